The van der Waals surface area contributed by atoms with Gasteiger partial charge >= 0.3 is 5.97 Å². The number of aromatic amines is 1. The lowest BCUT2D eigenvalue weighted by molar-refractivity contribution is 0.0735. The van der Waals surface area contributed by atoms with Crippen LogP contribution in [-0.2, 0) is 6.42 Å². The zero-order valence-corrected chi connectivity index (χ0v) is 17.8. The van der Waals surface area contributed by atoms with E-state index in [1.807, 2.05) is 0 Å². The first-order valence-electron chi connectivity index (χ1n) is 9.65. The summed E-state index contributed by atoms with van der Waals surface area (Å²) >= 11 is 1.30. The molecule has 0 bridgehead atoms. The van der Waals surface area contributed by atoms with E-state index in [0.29, 0.717) is 16.5 Å². The molecule has 1 atom stereocenters. The van der Waals surface area contributed by atoms with E-state index in [2.05, 4.69) is 23.2 Å². The summed E-state index contributed by atoms with van der Waals surface area (Å²) in [6.45, 7) is 2.06. The molecule has 1 aliphatic heterocycles. The second kappa shape index (κ2) is 8.53. The number of allylic oxidation sites excluding steroid dienone is 1. The maximum atomic E-state index is 12.4. The van der Waals surface area contributed by atoms with E-state index >= 15 is 0 Å². The number of rotatable bonds is 6. The molecule has 9 heteroatoms. The van der Waals surface area contributed by atoms with Crippen LogP contribution in [0.3, 0.4) is 0 Å². The smallest absolute Gasteiger partial charge is 0.353 e. The molecular weight excluding hydrogens is 416 g/mol. The normalized spacial score (nSPS) is 15.1. The van der Waals surface area contributed by atoms with Gasteiger partial charge in [-0.15, -0.1) is 16.4 Å². The van der Waals surface area contributed by atoms with E-state index in [-0.39, 0.29) is 17.2 Å². The molecule has 0 unspecified atom stereocenters. The molecular formula is C22H20N4O4S. The van der Waals surface area contributed by atoms with Gasteiger partial charge in [-0.3, -0.25) is 5.10 Å². The van der Waals surface area contributed by atoms with Crippen LogP contribution in [0.5, 0.6) is 17.4 Å². The minimum Gasteiger partial charge on any atom is -0.493 e. The first-order valence-corrected chi connectivity index (χ1v) is 10.5. The van der Waals surface area contributed by atoms with Gasteiger partial charge in [0, 0.05) is 11.3 Å². The van der Waals surface area contributed by atoms with E-state index in [0.717, 1.165) is 29.7 Å². The third kappa shape index (κ3) is 3.73. The number of nitrogens with zero attached hydrogens (tertiary/aromatic N) is 2. The average molecular weight is 436 g/mol. The maximum absolute atomic E-state index is 12.4. The summed E-state index contributed by atoms with van der Waals surface area (Å²) < 4.78 is 16.6. The number of methoxy groups -OCH3 is 1. The summed E-state index contributed by atoms with van der Waals surface area (Å²) in [5, 5.41) is 18.8. The molecule has 0 spiro atoms. The first-order chi connectivity index (χ1) is 15.1. The number of benzene rings is 1. The van der Waals surface area contributed by atoms with Crippen LogP contribution in [0.25, 0.3) is 0 Å². The topological polar surface area (TPSA) is 123 Å². The van der Waals surface area contributed by atoms with Crippen molar-refractivity contribution < 1.29 is 19.0 Å². The molecule has 4 rings (SSSR count). The van der Waals surface area contributed by atoms with Crippen molar-refractivity contribution in [3.8, 4) is 23.4 Å². The molecule has 0 amide bonds. The van der Waals surface area contributed by atoms with Crippen LogP contribution in [-0.4, -0.2) is 23.3 Å². The summed E-state index contributed by atoms with van der Waals surface area (Å²) in [4.78, 5) is 12.8. The number of carbonyl (C=O) groups is 1. The van der Waals surface area contributed by atoms with Gasteiger partial charge in [-0.2, -0.15) is 5.26 Å². The van der Waals surface area contributed by atoms with Crippen LogP contribution in [0.4, 0.5) is 0 Å². The number of carbonyl (C=O) groups excluding carboxylic acids is 1. The minimum absolute atomic E-state index is 0.0155. The summed E-state index contributed by atoms with van der Waals surface area (Å²) in [6, 6.07) is 10.8. The quantitative estimate of drug-likeness (QED) is 0.444. The Balaban J connectivity index is 1.76. The summed E-state index contributed by atoms with van der Waals surface area (Å²) in [5.74, 6) is 0.0837. The molecule has 0 aliphatic carbocycles. The Morgan fingerprint density at radius 3 is 2.90 bits per heavy atom. The molecule has 0 fully saturated rings. The highest BCUT2D eigenvalue weighted by Gasteiger charge is 2.35. The van der Waals surface area contributed by atoms with E-state index in [1.54, 1.807) is 35.7 Å². The molecule has 3 heterocycles. The summed E-state index contributed by atoms with van der Waals surface area (Å²) in [6.07, 6.45) is 1.64. The number of aromatic nitrogens is 2. The number of nitriles is 1. The second-order valence-corrected chi connectivity index (χ2v) is 7.82. The number of aryl methyl sites for hydroxylation is 1. The monoisotopic (exact) mass is 436 g/mol. The second-order valence-electron chi connectivity index (χ2n) is 6.87. The van der Waals surface area contributed by atoms with E-state index in [1.165, 1.54) is 18.4 Å². The number of H-pyrrole nitrogens is 1. The highest BCUT2D eigenvalue weighted by molar-refractivity contribution is 7.12. The van der Waals surface area contributed by atoms with Crippen molar-refractivity contribution in [3.05, 3.63) is 68.9 Å². The van der Waals surface area contributed by atoms with Crippen LogP contribution in [0.15, 0.2) is 47.2 Å². The molecule has 2 aromatic heterocycles. The Hall–Kier alpha value is -3.77. The first kappa shape index (κ1) is 20.5. The van der Waals surface area contributed by atoms with Crippen LogP contribution in [0, 0.1) is 11.3 Å². The SMILES string of the molecule is CCCc1[nH]nc2c1[C@@H](c1ccc(OC(=O)c3cccs3)c(OC)c1)C(C#N)=C(N)O2. The lowest BCUT2D eigenvalue weighted by atomic mass is 9.83. The van der Waals surface area contributed by atoms with E-state index < -0.39 is 11.9 Å². The van der Waals surface area contributed by atoms with Crippen LogP contribution >= 0.6 is 11.3 Å². The Morgan fingerprint density at radius 2 is 2.23 bits per heavy atom. The summed E-state index contributed by atoms with van der Waals surface area (Å²) in [5.41, 5.74) is 8.71. The van der Waals surface area contributed by atoms with E-state index in [9.17, 15) is 10.1 Å². The molecule has 31 heavy (non-hydrogen) atoms. The lowest BCUT2D eigenvalue weighted by Crippen LogP contribution is -2.21. The van der Waals surface area contributed by atoms with Crippen LogP contribution in [0.1, 0.15) is 45.8 Å². The number of ether oxygens (including phenoxy) is 3. The molecule has 3 N–H and O–H groups in total. The molecule has 8 nitrogen and oxygen atoms in total. The van der Waals surface area contributed by atoms with Gasteiger partial charge in [-0.05, 0) is 35.6 Å². The fourth-order valence-corrected chi connectivity index (χ4v) is 4.17. The van der Waals surface area contributed by atoms with Gasteiger partial charge in [0.25, 0.3) is 0 Å². The Morgan fingerprint density at radius 1 is 1.39 bits per heavy atom. The largest absolute Gasteiger partial charge is 0.493 e. The van der Waals surface area contributed by atoms with Gasteiger partial charge in [0.2, 0.25) is 11.8 Å². The van der Waals surface area contributed by atoms with Crippen LogP contribution < -0.4 is 19.9 Å². The summed E-state index contributed by atoms with van der Waals surface area (Å²) in [7, 11) is 1.49. The highest BCUT2D eigenvalue weighted by atomic mass is 32.1. The standard InChI is InChI=1S/C22H20N4O4S/c1-3-5-14-19-18(13(11-23)20(24)30-21(19)26-25-14)12-7-8-15(16(10-12)28-2)29-22(27)17-6-4-9-31-17/h4,6-10,18H,3,5,24H2,1-2H3,(H,25,26)/t18-/m0/s1. The predicted octanol–water partition coefficient (Wildman–Crippen LogP) is 3.87. The zero-order valence-electron chi connectivity index (χ0n) is 17.0. The number of fused-ring (bicyclic) bond motifs is 1. The Bertz CT molecular complexity index is 1190. The van der Waals surface area contributed by atoms with Gasteiger partial charge in [0.05, 0.1) is 13.0 Å². The van der Waals surface area contributed by atoms with Crippen molar-refractivity contribution in [2.75, 3.05) is 7.11 Å². The van der Waals surface area contributed by atoms with E-state index in [4.69, 9.17) is 19.9 Å². The number of hydrogen-bond donors (Lipinski definition) is 2. The highest BCUT2D eigenvalue weighted by Crippen LogP contribution is 2.45. The fourth-order valence-electron chi connectivity index (χ4n) is 3.58. The number of nitrogens with one attached hydrogen (secondary N) is 1. The number of esters is 1. The molecule has 3 aromatic rings. The minimum atomic E-state index is -0.481. The van der Waals surface area contributed by atoms with Gasteiger partial charge in [-0.1, -0.05) is 25.5 Å². The van der Waals surface area contributed by atoms with Crippen molar-refractivity contribution in [2.45, 2.75) is 25.7 Å². The number of hydrogen-bond acceptors (Lipinski definition) is 8. The van der Waals surface area contributed by atoms with Crippen molar-refractivity contribution in [3.63, 3.8) is 0 Å². The number of thiophene rings is 1. The lowest BCUT2D eigenvalue weighted by Gasteiger charge is -2.24. The zero-order chi connectivity index (χ0) is 22.0. The third-order valence-electron chi connectivity index (χ3n) is 4.96. The molecule has 0 saturated carbocycles. The molecule has 1 aliphatic rings. The van der Waals surface area contributed by atoms with Crippen molar-refractivity contribution in [1.29, 1.82) is 5.26 Å². The third-order valence-corrected chi connectivity index (χ3v) is 5.81. The van der Waals surface area contributed by atoms with Gasteiger partial charge in [0.15, 0.2) is 11.5 Å². The van der Waals surface area contributed by atoms with Crippen molar-refractivity contribution in [1.82, 2.24) is 10.2 Å². The van der Waals surface area contributed by atoms with Gasteiger partial charge < -0.3 is 19.9 Å². The van der Waals surface area contributed by atoms with Crippen LogP contribution in [0.2, 0.25) is 0 Å². The Labute approximate surface area is 182 Å². The Kier molecular flexibility index (Phi) is 5.64. The fraction of sp³-hybridized carbons (Fsp3) is 0.227. The van der Waals surface area contributed by atoms with Crippen molar-refractivity contribution >= 4 is 17.3 Å². The molecule has 1 aromatic carbocycles. The predicted molar refractivity (Wildman–Crippen MR) is 114 cm³/mol. The molecule has 158 valence electrons. The molecule has 0 radical (unpaired) electrons. The van der Waals surface area contributed by atoms with Gasteiger partial charge in [0.1, 0.15) is 16.5 Å². The maximum Gasteiger partial charge on any atom is 0.353 e. The van der Waals surface area contributed by atoms with Gasteiger partial charge in [-0.25, -0.2) is 4.79 Å². The van der Waals surface area contributed by atoms with Crippen molar-refractivity contribution in [2.24, 2.45) is 5.73 Å². The number of nitrogens with two attached hydrogens (primary N) is 1. The molecule has 0 saturated heterocycles. The average Bonchev–Trinajstić information content (AvgIpc) is 3.44.